The lowest BCUT2D eigenvalue weighted by Gasteiger charge is -2.24. The van der Waals surface area contributed by atoms with Crippen LogP contribution in [0.2, 0.25) is 0 Å². The van der Waals surface area contributed by atoms with Crippen LogP contribution < -0.4 is 10.5 Å². The molecule has 0 atom stereocenters. The van der Waals surface area contributed by atoms with Gasteiger partial charge in [-0.3, -0.25) is 0 Å². The van der Waals surface area contributed by atoms with E-state index >= 15 is 0 Å². The topological polar surface area (TPSA) is 35.2 Å². The van der Waals surface area contributed by atoms with Gasteiger partial charge < -0.3 is 10.5 Å². The van der Waals surface area contributed by atoms with Gasteiger partial charge in [0.15, 0.2) is 0 Å². The number of halogens is 6. The number of ether oxygens (including phenoxy) is 1. The average molecular weight is 303 g/mol. The number of nitrogens with two attached hydrogens (primary N) is 1. The minimum absolute atomic E-state index is 0.198. The van der Waals surface area contributed by atoms with E-state index in [1.165, 1.54) is 18.2 Å². The number of para-hydroxylation sites is 1. The van der Waals surface area contributed by atoms with Crippen molar-refractivity contribution < 1.29 is 31.1 Å². The van der Waals surface area contributed by atoms with Crippen LogP contribution in [0.3, 0.4) is 0 Å². The number of thiocarbonyl (C=S) groups is 1. The molecule has 2 nitrogen and oxygen atoms in total. The van der Waals surface area contributed by atoms with Crippen LogP contribution in [-0.2, 0) is 0 Å². The van der Waals surface area contributed by atoms with Gasteiger partial charge in [0.25, 0.3) is 6.10 Å². The first-order chi connectivity index (χ1) is 8.53. The minimum Gasteiger partial charge on any atom is -0.471 e. The lowest BCUT2D eigenvalue weighted by molar-refractivity contribution is -0.299. The minimum atomic E-state index is -5.60. The summed E-state index contributed by atoms with van der Waals surface area (Å²) < 4.78 is 78.0. The first kappa shape index (κ1) is 15.5. The van der Waals surface area contributed by atoms with Crippen LogP contribution in [0, 0.1) is 0 Å². The Morgan fingerprint density at radius 3 is 1.95 bits per heavy atom. The van der Waals surface area contributed by atoms with E-state index in [0.717, 1.165) is 6.07 Å². The monoisotopic (exact) mass is 303 g/mol. The highest BCUT2D eigenvalue weighted by atomic mass is 32.1. The summed E-state index contributed by atoms with van der Waals surface area (Å²) in [7, 11) is 0. The van der Waals surface area contributed by atoms with Gasteiger partial charge in [-0.05, 0) is 12.1 Å². The molecule has 1 aromatic carbocycles. The molecule has 0 saturated heterocycles. The predicted octanol–water partition coefficient (Wildman–Crippen LogP) is 3.19. The van der Waals surface area contributed by atoms with Crippen molar-refractivity contribution in [3.63, 3.8) is 0 Å². The molecule has 19 heavy (non-hydrogen) atoms. The number of hydrogen-bond acceptors (Lipinski definition) is 2. The summed E-state index contributed by atoms with van der Waals surface area (Å²) >= 11 is 4.52. The number of rotatable bonds is 3. The molecule has 0 aliphatic heterocycles. The zero-order valence-corrected chi connectivity index (χ0v) is 9.86. The molecule has 0 unspecified atom stereocenters. The molecule has 0 aliphatic carbocycles. The van der Waals surface area contributed by atoms with Crippen LogP contribution in [0.1, 0.15) is 5.56 Å². The Balaban J connectivity index is 3.15. The highest BCUT2D eigenvalue weighted by Gasteiger charge is 2.59. The lowest BCUT2D eigenvalue weighted by atomic mass is 10.2. The summed E-state index contributed by atoms with van der Waals surface area (Å²) in [6.45, 7) is 0. The second-order valence-corrected chi connectivity index (χ2v) is 3.88. The molecule has 9 heteroatoms. The van der Waals surface area contributed by atoms with Gasteiger partial charge in [0.1, 0.15) is 10.7 Å². The quantitative estimate of drug-likeness (QED) is 0.688. The molecule has 0 bridgehead atoms. The van der Waals surface area contributed by atoms with Crippen molar-refractivity contribution in [2.45, 2.75) is 18.5 Å². The molecule has 0 saturated carbocycles. The SMILES string of the molecule is NC(=S)c1ccccc1OC(C(F)(F)F)C(F)(F)F. The van der Waals surface area contributed by atoms with Crippen LogP contribution >= 0.6 is 12.2 Å². The highest BCUT2D eigenvalue weighted by molar-refractivity contribution is 7.80. The molecular weight excluding hydrogens is 296 g/mol. The molecule has 2 N–H and O–H groups in total. The van der Waals surface area contributed by atoms with E-state index in [4.69, 9.17) is 5.73 Å². The molecule has 0 aromatic heterocycles. The summed E-state index contributed by atoms with van der Waals surface area (Å²) in [5.74, 6) is -0.672. The zero-order chi connectivity index (χ0) is 14.8. The van der Waals surface area contributed by atoms with Crippen molar-refractivity contribution in [2.24, 2.45) is 5.73 Å². The molecule has 0 fully saturated rings. The molecule has 106 valence electrons. The van der Waals surface area contributed by atoms with Crippen LogP contribution in [0.5, 0.6) is 5.75 Å². The second-order valence-electron chi connectivity index (χ2n) is 3.44. The molecule has 0 radical (unpaired) electrons. The maximum absolute atomic E-state index is 12.3. The molecule has 0 amide bonds. The van der Waals surface area contributed by atoms with Gasteiger partial charge in [0.05, 0.1) is 5.56 Å². The van der Waals surface area contributed by atoms with Gasteiger partial charge in [-0.25, -0.2) is 0 Å². The third-order valence-electron chi connectivity index (χ3n) is 1.99. The standard InChI is InChI=1S/C10H7F6NOS/c11-9(12,13)8(10(14,15)16)18-6-4-2-1-3-5(6)7(17)19/h1-4,8H,(H2,17,19). The summed E-state index contributed by atoms with van der Waals surface area (Å²) in [5.41, 5.74) is 5.00. The van der Waals surface area contributed by atoms with Crippen molar-refractivity contribution >= 4 is 17.2 Å². The van der Waals surface area contributed by atoms with Gasteiger partial charge in [0.2, 0.25) is 0 Å². The fourth-order valence-corrected chi connectivity index (χ4v) is 1.39. The van der Waals surface area contributed by atoms with Crippen molar-refractivity contribution in [3.8, 4) is 5.75 Å². The predicted molar refractivity (Wildman–Crippen MR) is 58.9 cm³/mol. The van der Waals surface area contributed by atoms with E-state index < -0.39 is 24.2 Å². The number of alkyl halides is 6. The zero-order valence-electron chi connectivity index (χ0n) is 9.05. The largest absolute Gasteiger partial charge is 0.471 e. The smallest absolute Gasteiger partial charge is 0.434 e. The van der Waals surface area contributed by atoms with Crippen molar-refractivity contribution in [1.29, 1.82) is 0 Å². The van der Waals surface area contributed by atoms with E-state index in [-0.39, 0.29) is 10.6 Å². The highest BCUT2D eigenvalue weighted by Crippen LogP contribution is 2.37. The van der Waals surface area contributed by atoms with Crippen LogP contribution in [0.15, 0.2) is 24.3 Å². The molecule has 0 aliphatic rings. The molecular formula is C10H7F6NOS. The molecule has 1 aromatic rings. The number of benzene rings is 1. The first-order valence-electron chi connectivity index (χ1n) is 4.72. The second kappa shape index (κ2) is 5.24. The van der Waals surface area contributed by atoms with Crippen LogP contribution in [0.4, 0.5) is 26.3 Å². The van der Waals surface area contributed by atoms with E-state index in [0.29, 0.717) is 0 Å². The van der Waals surface area contributed by atoms with Crippen LogP contribution in [-0.4, -0.2) is 23.4 Å². The maximum atomic E-state index is 12.3. The number of hydrogen-bond donors (Lipinski definition) is 1. The van der Waals surface area contributed by atoms with Gasteiger partial charge in [0, 0.05) is 0 Å². The average Bonchev–Trinajstić information content (AvgIpc) is 2.23. The normalized spacial score (nSPS) is 12.6. The Morgan fingerprint density at radius 2 is 1.53 bits per heavy atom. The van der Waals surface area contributed by atoms with E-state index in [1.54, 1.807) is 0 Å². The van der Waals surface area contributed by atoms with Crippen molar-refractivity contribution in [2.75, 3.05) is 0 Å². The third-order valence-corrected chi connectivity index (χ3v) is 2.21. The Morgan fingerprint density at radius 1 is 1.05 bits per heavy atom. The molecule has 0 heterocycles. The van der Waals surface area contributed by atoms with Gasteiger partial charge in [-0.1, -0.05) is 24.4 Å². The molecule has 0 spiro atoms. The summed E-state index contributed by atoms with van der Waals surface area (Å²) in [6.07, 6.45) is -15.1. The van der Waals surface area contributed by atoms with Crippen LogP contribution in [0.25, 0.3) is 0 Å². The first-order valence-corrected chi connectivity index (χ1v) is 5.13. The third kappa shape index (κ3) is 3.98. The van der Waals surface area contributed by atoms with Crippen molar-refractivity contribution in [1.82, 2.24) is 0 Å². The van der Waals surface area contributed by atoms with Crippen molar-refractivity contribution in [3.05, 3.63) is 29.8 Å². The van der Waals surface area contributed by atoms with E-state index in [1.807, 2.05) is 0 Å². The van der Waals surface area contributed by atoms with E-state index in [2.05, 4.69) is 17.0 Å². The summed E-state index contributed by atoms with van der Waals surface area (Å²) in [4.78, 5) is -0.362. The Hall–Kier alpha value is -1.51. The fraction of sp³-hybridized carbons (Fsp3) is 0.300. The fourth-order valence-electron chi connectivity index (χ4n) is 1.22. The lowest BCUT2D eigenvalue weighted by Crippen LogP contribution is -2.46. The Kier molecular flexibility index (Phi) is 4.28. The summed E-state index contributed by atoms with van der Waals surface area (Å²) in [5, 5.41) is 0. The van der Waals surface area contributed by atoms with E-state index in [9.17, 15) is 26.3 Å². The van der Waals surface area contributed by atoms with Gasteiger partial charge in [-0.2, -0.15) is 26.3 Å². The van der Waals surface area contributed by atoms with Gasteiger partial charge >= 0.3 is 12.4 Å². The Labute approximate surface area is 109 Å². The molecule has 1 rings (SSSR count). The maximum Gasteiger partial charge on any atom is 0.434 e. The Bertz CT molecular complexity index is 456. The summed E-state index contributed by atoms with van der Waals surface area (Å²) in [6, 6.07) is 4.67. The van der Waals surface area contributed by atoms with Gasteiger partial charge in [-0.15, -0.1) is 0 Å².